The highest BCUT2D eigenvalue weighted by Crippen LogP contribution is 2.33. The number of hydrogen-bond acceptors (Lipinski definition) is 4. The van der Waals surface area contributed by atoms with Crippen LogP contribution in [0, 0.1) is 0 Å². The highest BCUT2D eigenvalue weighted by Gasteiger charge is 2.65. The Morgan fingerprint density at radius 3 is 1.62 bits per heavy atom. The Kier molecular flexibility index (Phi) is 3.45. The summed E-state index contributed by atoms with van der Waals surface area (Å²) in [4.78, 5) is 20.2. The third-order valence-electron chi connectivity index (χ3n) is 1.19. The van der Waals surface area contributed by atoms with Crippen molar-refractivity contribution in [3.05, 3.63) is 0 Å². The van der Waals surface area contributed by atoms with Crippen LogP contribution in [0.5, 0.6) is 0 Å². The number of ether oxygens (including phenoxy) is 1. The van der Waals surface area contributed by atoms with Gasteiger partial charge in [-0.05, 0) is 0 Å². The number of alkyl halides is 6. The van der Waals surface area contributed by atoms with Crippen molar-refractivity contribution < 1.29 is 45.8 Å². The molecule has 0 aliphatic heterocycles. The highest BCUT2D eigenvalue weighted by molar-refractivity contribution is 5.86. The topological polar surface area (TPSA) is 89.6 Å². The van der Waals surface area contributed by atoms with Gasteiger partial charge in [-0.3, -0.25) is 4.79 Å². The van der Waals surface area contributed by atoms with Crippen LogP contribution in [0.1, 0.15) is 0 Å². The van der Waals surface area contributed by atoms with Crippen molar-refractivity contribution in [2.45, 2.75) is 18.1 Å². The number of carbonyl (C=O) groups excluding carboxylic acids is 2. The molecule has 0 bridgehead atoms. The molecule has 0 saturated heterocycles. The Hall–Kier alpha value is -1.52. The van der Waals surface area contributed by atoms with Crippen LogP contribution >= 0.6 is 0 Å². The molecule has 0 aliphatic carbocycles. The summed E-state index contributed by atoms with van der Waals surface area (Å²) in [7, 11) is 0. The molecule has 0 aromatic carbocycles. The van der Waals surface area contributed by atoms with Gasteiger partial charge >= 0.3 is 30.0 Å². The molecule has 0 aromatic heterocycles. The smallest absolute Gasteiger partial charge is 0.409 e. The first-order chi connectivity index (χ1) is 6.82. The van der Waals surface area contributed by atoms with E-state index < -0.39 is 30.0 Å². The van der Waals surface area contributed by atoms with Crippen LogP contribution in [0.4, 0.5) is 26.3 Å². The van der Waals surface area contributed by atoms with Gasteiger partial charge in [0, 0.05) is 0 Å². The fourth-order valence-electron chi connectivity index (χ4n) is 0.440. The van der Waals surface area contributed by atoms with E-state index in [-0.39, 0.29) is 0 Å². The summed E-state index contributed by atoms with van der Waals surface area (Å²) in [5, 5.41) is 8.42. The first-order valence-electron chi connectivity index (χ1n) is 3.21. The maximum atomic E-state index is 11.9. The van der Waals surface area contributed by atoms with Gasteiger partial charge in [-0.15, -0.1) is 0 Å². The predicted molar refractivity (Wildman–Crippen MR) is 32.3 cm³/mol. The summed E-state index contributed by atoms with van der Waals surface area (Å²) in [6.45, 7) is 0. The van der Waals surface area contributed by atoms with Gasteiger partial charge in [-0.2, -0.15) is 26.3 Å². The van der Waals surface area contributed by atoms with E-state index in [1.54, 1.807) is 0 Å². The van der Waals surface area contributed by atoms with Gasteiger partial charge < -0.3 is 15.6 Å². The number of aliphatic hydroxyl groups is 1. The van der Waals surface area contributed by atoms with Gasteiger partial charge in [0.1, 0.15) is 0 Å². The summed E-state index contributed by atoms with van der Waals surface area (Å²) in [5.74, 6) is -11.1. The Balaban J connectivity index is 5.15. The zero-order valence-electron chi connectivity index (χ0n) is 7.02. The van der Waals surface area contributed by atoms with Crippen molar-refractivity contribution in [3.63, 3.8) is 0 Å². The lowest BCUT2D eigenvalue weighted by atomic mass is 10.2. The second-order valence-corrected chi connectivity index (χ2v) is 2.39. The first kappa shape index (κ1) is 14.5. The molecule has 94 valence electrons. The van der Waals surface area contributed by atoms with Crippen LogP contribution in [0.3, 0.4) is 0 Å². The average Bonchev–Trinajstić information content (AvgIpc) is 1.99. The monoisotopic (exact) mass is 255 g/mol. The zero-order valence-corrected chi connectivity index (χ0v) is 7.02. The molecule has 11 heteroatoms. The van der Waals surface area contributed by atoms with E-state index in [1.807, 2.05) is 0 Å². The predicted octanol–water partition coefficient (Wildman–Crippen LogP) is -0.172. The maximum absolute atomic E-state index is 11.9. The molecular weight excluding hydrogens is 252 g/mol. The van der Waals surface area contributed by atoms with Crippen LogP contribution in [0.25, 0.3) is 0 Å². The summed E-state index contributed by atoms with van der Waals surface area (Å²) in [6, 6.07) is 0. The molecule has 5 nitrogen and oxygen atoms in total. The minimum Gasteiger partial charge on any atom is -0.409 e. The molecule has 0 saturated carbocycles. The van der Waals surface area contributed by atoms with Gasteiger partial charge in [0.25, 0.3) is 0 Å². The Morgan fingerprint density at radius 2 is 1.44 bits per heavy atom. The Bertz CT molecular complexity index is 309. The molecular formula is C5H3F6NO4. The van der Waals surface area contributed by atoms with Crippen molar-refractivity contribution in [1.82, 2.24) is 0 Å². The molecule has 1 atom stereocenters. The summed E-state index contributed by atoms with van der Waals surface area (Å²) in [6.07, 6.45) is -11.8. The van der Waals surface area contributed by atoms with Crippen molar-refractivity contribution in [2.24, 2.45) is 5.73 Å². The molecule has 0 spiro atoms. The van der Waals surface area contributed by atoms with E-state index in [0.29, 0.717) is 0 Å². The lowest BCUT2D eigenvalue weighted by Gasteiger charge is -2.26. The van der Waals surface area contributed by atoms with Crippen molar-refractivity contribution in [1.29, 1.82) is 0 Å². The molecule has 0 heterocycles. The normalized spacial score (nSPS) is 16.4. The molecule has 0 fully saturated rings. The molecule has 0 aliphatic rings. The number of esters is 1. The summed E-state index contributed by atoms with van der Waals surface area (Å²) >= 11 is 0. The molecule has 0 radical (unpaired) electrons. The molecule has 0 rings (SSSR count). The number of nitrogens with two attached hydrogens (primary N) is 1. The molecule has 1 amide bonds. The fraction of sp³-hybridized carbons (Fsp3) is 0.600. The van der Waals surface area contributed by atoms with Gasteiger partial charge in [-0.1, -0.05) is 0 Å². The molecule has 16 heavy (non-hydrogen) atoms. The third-order valence-corrected chi connectivity index (χ3v) is 1.19. The number of rotatable bonds is 2. The summed E-state index contributed by atoms with van der Waals surface area (Å²) < 4.78 is 72.9. The quantitative estimate of drug-likeness (QED) is 0.407. The molecule has 1 unspecified atom stereocenters. The van der Waals surface area contributed by atoms with E-state index >= 15 is 0 Å². The standard InChI is InChI=1S/C5H3F6NO4/c6-4(7,8)2(14)16-3(15,1(12)13)5(9,10)11/h15H,(H2,12,13). The fourth-order valence-corrected chi connectivity index (χ4v) is 0.440. The molecule has 3 N–H and O–H groups in total. The number of hydrogen-bond donors (Lipinski definition) is 2. The number of primary amides is 1. The van der Waals surface area contributed by atoms with Crippen LogP contribution in [-0.2, 0) is 14.3 Å². The maximum Gasteiger partial charge on any atom is 0.491 e. The lowest BCUT2D eigenvalue weighted by molar-refractivity contribution is -0.340. The largest absolute Gasteiger partial charge is 0.491 e. The zero-order chi connectivity index (χ0) is 13.4. The second kappa shape index (κ2) is 3.81. The number of halogens is 6. The Labute approximate surface area is 82.8 Å². The van der Waals surface area contributed by atoms with E-state index in [0.717, 1.165) is 0 Å². The minimum absolute atomic E-state index is 2.62. The van der Waals surface area contributed by atoms with Gasteiger partial charge in [-0.25, -0.2) is 4.79 Å². The lowest BCUT2D eigenvalue weighted by Crippen LogP contribution is -2.59. The van der Waals surface area contributed by atoms with Crippen LogP contribution in [0.15, 0.2) is 0 Å². The minimum atomic E-state index is -5.99. The average molecular weight is 255 g/mol. The van der Waals surface area contributed by atoms with Crippen molar-refractivity contribution in [2.75, 3.05) is 0 Å². The van der Waals surface area contributed by atoms with Crippen LogP contribution < -0.4 is 5.73 Å². The first-order valence-corrected chi connectivity index (χ1v) is 3.21. The van der Waals surface area contributed by atoms with E-state index in [1.165, 1.54) is 0 Å². The summed E-state index contributed by atoms with van der Waals surface area (Å²) in [5.41, 5.74) is 4.00. The molecule has 0 aromatic rings. The van der Waals surface area contributed by atoms with Gasteiger partial charge in [0.2, 0.25) is 0 Å². The van der Waals surface area contributed by atoms with Crippen LogP contribution in [0.2, 0.25) is 0 Å². The Morgan fingerprint density at radius 1 is 1.06 bits per heavy atom. The van der Waals surface area contributed by atoms with Crippen molar-refractivity contribution in [3.8, 4) is 0 Å². The number of amides is 1. The SMILES string of the molecule is NC(=O)C(O)(OC(=O)C(F)(F)F)C(F)(F)F. The van der Waals surface area contributed by atoms with E-state index in [2.05, 4.69) is 10.5 Å². The van der Waals surface area contributed by atoms with Crippen LogP contribution in [-0.4, -0.2) is 35.1 Å². The van der Waals surface area contributed by atoms with E-state index in [4.69, 9.17) is 5.11 Å². The van der Waals surface area contributed by atoms with Gasteiger partial charge in [0.05, 0.1) is 0 Å². The number of carbonyl (C=O) groups is 2. The highest BCUT2D eigenvalue weighted by atomic mass is 19.4. The van der Waals surface area contributed by atoms with Gasteiger partial charge in [0.15, 0.2) is 0 Å². The second-order valence-electron chi connectivity index (χ2n) is 2.39. The van der Waals surface area contributed by atoms with E-state index in [9.17, 15) is 35.9 Å². The van der Waals surface area contributed by atoms with Crippen molar-refractivity contribution >= 4 is 11.9 Å². The third kappa shape index (κ3) is 2.74.